The average Bonchev–Trinajstić information content (AvgIpc) is 1.87. The highest BCUT2D eigenvalue weighted by molar-refractivity contribution is 7.33. The summed E-state index contributed by atoms with van der Waals surface area (Å²) in [6, 6.07) is 0. The molecule has 0 amide bonds. The van der Waals surface area contributed by atoms with Gasteiger partial charge in [0.2, 0.25) is 0 Å². The van der Waals surface area contributed by atoms with E-state index >= 15 is 0 Å². The van der Waals surface area contributed by atoms with E-state index < -0.39 is 12.8 Å². The molecule has 0 N–H and O–H groups in total. The Kier molecular flexibility index (Phi) is 4.69. The molecular formula is C5H6Cl2O3P+. The van der Waals surface area contributed by atoms with Crippen LogP contribution in [0.4, 0.5) is 0 Å². The van der Waals surface area contributed by atoms with E-state index in [1.54, 1.807) is 0 Å². The molecule has 0 saturated heterocycles. The lowest BCUT2D eigenvalue weighted by Gasteiger charge is -2.02. The topological polar surface area (TPSA) is 35.5 Å². The molecule has 6 heteroatoms. The van der Waals surface area contributed by atoms with Crippen LogP contribution in [-0.2, 0) is 13.6 Å². The van der Waals surface area contributed by atoms with Crippen LogP contribution in [0.5, 0.6) is 0 Å². The zero-order valence-electron chi connectivity index (χ0n) is 5.50. The fourth-order valence-electron chi connectivity index (χ4n) is 0.219. The van der Waals surface area contributed by atoms with Crippen LogP contribution in [0.1, 0.15) is 0 Å². The quantitative estimate of drug-likeness (QED) is 0.306. The Labute approximate surface area is 75.5 Å². The maximum Gasteiger partial charge on any atom is 0.753 e. The first-order valence-electron chi connectivity index (χ1n) is 2.47. The van der Waals surface area contributed by atoms with Gasteiger partial charge in [0, 0.05) is 4.57 Å². The van der Waals surface area contributed by atoms with E-state index in [1.165, 1.54) is 0 Å². The van der Waals surface area contributed by atoms with Gasteiger partial charge in [-0.1, -0.05) is 40.9 Å². The summed E-state index contributed by atoms with van der Waals surface area (Å²) < 4.78 is 17.7. The molecule has 0 aliphatic heterocycles. The van der Waals surface area contributed by atoms with Crippen molar-refractivity contribution in [3.63, 3.8) is 0 Å². The fraction of sp³-hybridized carbons (Fsp3) is 0.200. The van der Waals surface area contributed by atoms with Crippen LogP contribution in [0.25, 0.3) is 0 Å². The molecule has 0 heterocycles. The van der Waals surface area contributed by atoms with E-state index in [1.807, 2.05) is 0 Å². The first-order chi connectivity index (χ1) is 5.02. The molecule has 3 nitrogen and oxygen atoms in total. The van der Waals surface area contributed by atoms with Gasteiger partial charge in [-0.2, -0.15) is 0 Å². The van der Waals surface area contributed by atoms with Crippen molar-refractivity contribution in [2.24, 2.45) is 0 Å². The number of hydrogen-bond donors (Lipinski definition) is 0. The van der Waals surface area contributed by atoms with Crippen LogP contribution in [0, 0.1) is 0 Å². The summed E-state index contributed by atoms with van der Waals surface area (Å²) in [6.07, 6.45) is 2.04. The smallest absolute Gasteiger partial charge is 0.238 e. The molecule has 0 radical (unpaired) electrons. The largest absolute Gasteiger partial charge is 0.753 e. The van der Waals surface area contributed by atoms with E-state index in [4.69, 9.17) is 23.2 Å². The van der Waals surface area contributed by atoms with Crippen LogP contribution in [-0.4, -0.2) is 4.52 Å². The molecule has 0 aromatic rings. The molecule has 0 bridgehead atoms. The highest BCUT2D eigenvalue weighted by Gasteiger charge is 2.35. The zero-order valence-corrected chi connectivity index (χ0v) is 7.90. The number of halogens is 2. The molecule has 0 aliphatic carbocycles. The van der Waals surface area contributed by atoms with Crippen molar-refractivity contribution in [3.8, 4) is 0 Å². The van der Waals surface area contributed by atoms with Gasteiger partial charge < -0.3 is 0 Å². The van der Waals surface area contributed by atoms with Crippen molar-refractivity contribution in [2.45, 2.75) is 4.52 Å². The van der Waals surface area contributed by atoms with Crippen LogP contribution >= 0.6 is 31.5 Å². The van der Waals surface area contributed by atoms with E-state index in [2.05, 4.69) is 22.2 Å². The van der Waals surface area contributed by atoms with Gasteiger partial charge in [-0.25, -0.2) is 4.52 Å². The highest BCUT2D eigenvalue weighted by atomic mass is 35.5. The SMILES string of the molecule is C=CO[P+](=O)OC(Cl)(Cl)C=C. The van der Waals surface area contributed by atoms with Gasteiger partial charge in [0.25, 0.3) is 4.52 Å². The lowest BCUT2D eigenvalue weighted by Crippen LogP contribution is -2.08. The number of rotatable bonds is 5. The molecule has 0 rings (SSSR count). The standard InChI is InChI=1S/C5H6Cl2O3P/c1-3-5(6,7)10-11(8)9-4-2/h3-4H,1-2H2/q+1. The maximum absolute atomic E-state index is 10.6. The molecule has 0 saturated carbocycles. The van der Waals surface area contributed by atoms with E-state index in [0.717, 1.165) is 12.3 Å². The van der Waals surface area contributed by atoms with Crippen molar-refractivity contribution < 1.29 is 13.6 Å². The van der Waals surface area contributed by atoms with Crippen LogP contribution in [0.2, 0.25) is 0 Å². The lowest BCUT2D eigenvalue weighted by atomic mass is 10.7. The Morgan fingerprint density at radius 1 is 1.45 bits per heavy atom. The summed E-state index contributed by atoms with van der Waals surface area (Å²) in [5.74, 6) is 0. The van der Waals surface area contributed by atoms with Gasteiger partial charge >= 0.3 is 8.25 Å². The van der Waals surface area contributed by atoms with E-state index in [-0.39, 0.29) is 0 Å². The summed E-state index contributed by atoms with van der Waals surface area (Å²) in [6.45, 7) is 6.41. The van der Waals surface area contributed by atoms with Gasteiger partial charge in [0.05, 0.1) is 0 Å². The monoisotopic (exact) mass is 215 g/mol. The Morgan fingerprint density at radius 2 is 2.00 bits per heavy atom. The van der Waals surface area contributed by atoms with Crippen molar-refractivity contribution in [3.05, 3.63) is 25.5 Å². The average molecular weight is 216 g/mol. The maximum atomic E-state index is 10.6. The van der Waals surface area contributed by atoms with Gasteiger partial charge in [-0.3, -0.25) is 0 Å². The normalized spacial score (nSPS) is 12.0. The Balaban J connectivity index is 3.92. The Morgan fingerprint density at radius 3 is 2.36 bits per heavy atom. The summed E-state index contributed by atoms with van der Waals surface area (Å²) in [5, 5.41) is 0. The summed E-state index contributed by atoms with van der Waals surface area (Å²) >= 11 is 10.8. The lowest BCUT2D eigenvalue weighted by molar-refractivity contribution is 0.252. The molecule has 1 unspecified atom stereocenters. The van der Waals surface area contributed by atoms with Crippen LogP contribution < -0.4 is 0 Å². The second kappa shape index (κ2) is 4.73. The minimum Gasteiger partial charge on any atom is -0.238 e. The first-order valence-corrected chi connectivity index (χ1v) is 4.32. The molecule has 0 aromatic heterocycles. The molecule has 0 fully saturated rings. The fourth-order valence-corrected chi connectivity index (χ4v) is 0.995. The number of hydrogen-bond acceptors (Lipinski definition) is 3. The predicted octanol–water partition coefficient (Wildman–Crippen LogP) is 3.14. The van der Waals surface area contributed by atoms with Gasteiger partial charge in [0.1, 0.15) is 6.26 Å². The van der Waals surface area contributed by atoms with Gasteiger partial charge in [-0.05, 0) is 6.08 Å². The minimum absolute atomic E-state index is 0.964. The van der Waals surface area contributed by atoms with Crippen molar-refractivity contribution in [1.29, 1.82) is 0 Å². The highest BCUT2D eigenvalue weighted by Crippen LogP contribution is 2.37. The first kappa shape index (κ1) is 10.9. The molecule has 1 atom stereocenters. The minimum atomic E-state index is -2.38. The molecule has 0 spiro atoms. The number of alkyl halides is 2. The van der Waals surface area contributed by atoms with Crippen molar-refractivity contribution in [1.82, 2.24) is 0 Å². The molecule has 0 aliphatic rings. The van der Waals surface area contributed by atoms with Crippen molar-refractivity contribution >= 4 is 31.5 Å². The molecule has 11 heavy (non-hydrogen) atoms. The van der Waals surface area contributed by atoms with E-state index in [9.17, 15) is 4.57 Å². The second-order valence-corrected chi connectivity index (χ2v) is 3.51. The van der Waals surface area contributed by atoms with Crippen molar-refractivity contribution in [2.75, 3.05) is 0 Å². The third kappa shape index (κ3) is 5.22. The zero-order chi connectivity index (χ0) is 8.91. The summed E-state index contributed by atoms with van der Waals surface area (Å²) in [4.78, 5) is 0. The van der Waals surface area contributed by atoms with Gasteiger partial charge in [0.15, 0.2) is 0 Å². The second-order valence-electron chi connectivity index (χ2n) is 1.35. The van der Waals surface area contributed by atoms with Gasteiger partial charge in [-0.15, -0.1) is 0 Å². The van der Waals surface area contributed by atoms with Crippen LogP contribution in [0.15, 0.2) is 25.5 Å². The van der Waals surface area contributed by atoms with Crippen LogP contribution in [0.3, 0.4) is 0 Å². The third-order valence-corrected chi connectivity index (χ3v) is 2.03. The summed E-state index contributed by atoms with van der Waals surface area (Å²) in [7, 11) is -2.38. The Bertz CT molecular complexity index is 181. The molecular weight excluding hydrogens is 210 g/mol. The molecule has 62 valence electrons. The Hall–Kier alpha value is -0.0800. The van der Waals surface area contributed by atoms with E-state index in [0.29, 0.717) is 0 Å². The summed E-state index contributed by atoms with van der Waals surface area (Å²) in [5.41, 5.74) is 0. The molecule has 0 aromatic carbocycles. The third-order valence-electron chi connectivity index (χ3n) is 0.594. The predicted molar refractivity (Wildman–Crippen MR) is 44.6 cm³/mol.